The normalized spacial score (nSPS) is 10.8. The molecule has 0 atom stereocenters. The molecule has 0 spiro atoms. The van der Waals surface area contributed by atoms with Crippen LogP contribution in [0.25, 0.3) is 0 Å². The van der Waals surface area contributed by atoms with Crippen molar-refractivity contribution in [3.05, 3.63) is 48.0 Å². The van der Waals surface area contributed by atoms with Crippen molar-refractivity contribution in [1.29, 1.82) is 0 Å². The van der Waals surface area contributed by atoms with Crippen molar-refractivity contribution < 1.29 is 32.6 Å². The molecule has 0 heterocycles. The van der Waals surface area contributed by atoms with E-state index < -0.39 is 34.1 Å². The summed E-state index contributed by atoms with van der Waals surface area (Å²) in [6.45, 7) is -0.659. The number of hydrogen-bond donors (Lipinski definition) is 2. The third kappa shape index (κ3) is 4.51. The highest BCUT2D eigenvalue weighted by molar-refractivity contribution is 7.90. The summed E-state index contributed by atoms with van der Waals surface area (Å²) in [5.41, 5.74) is -0.0750. The maximum atomic E-state index is 12.0. The standard InChI is InChI=1S/C17H17NO7S/c1-24-13-8-5-6-11(16(13)20)17(21)25-10-15(19)18-12-7-3-4-9-14(12)26(2,22)23/h3-9,20H,10H2,1-2H3,(H,18,19). The van der Waals surface area contributed by atoms with E-state index >= 15 is 0 Å². The van der Waals surface area contributed by atoms with E-state index in [2.05, 4.69) is 5.32 Å². The van der Waals surface area contributed by atoms with Crippen LogP contribution in [-0.2, 0) is 19.4 Å². The van der Waals surface area contributed by atoms with Crippen LogP contribution in [-0.4, -0.2) is 45.4 Å². The van der Waals surface area contributed by atoms with Gasteiger partial charge in [-0.15, -0.1) is 0 Å². The van der Waals surface area contributed by atoms with E-state index in [1.54, 1.807) is 6.07 Å². The minimum absolute atomic E-state index is 0.0508. The van der Waals surface area contributed by atoms with Gasteiger partial charge < -0.3 is 19.9 Å². The van der Waals surface area contributed by atoms with Crippen LogP contribution >= 0.6 is 0 Å². The summed E-state index contributed by atoms with van der Waals surface area (Å²) in [4.78, 5) is 23.9. The van der Waals surface area contributed by atoms with Gasteiger partial charge in [-0.3, -0.25) is 4.79 Å². The van der Waals surface area contributed by atoms with E-state index in [9.17, 15) is 23.1 Å². The summed E-state index contributed by atoms with van der Waals surface area (Å²) >= 11 is 0. The van der Waals surface area contributed by atoms with Crippen molar-refractivity contribution in [3.63, 3.8) is 0 Å². The Kier molecular flexibility index (Phi) is 5.83. The average molecular weight is 379 g/mol. The molecule has 0 saturated heterocycles. The molecule has 1 amide bonds. The molecule has 0 radical (unpaired) electrons. The molecular formula is C17H17NO7S. The van der Waals surface area contributed by atoms with Crippen LogP contribution in [0.1, 0.15) is 10.4 Å². The summed E-state index contributed by atoms with van der Waals surface area (Å²) < 4.78 is 33.2. The van der Waals surface area contributed by atoms with Crippen molar-refractivity contribution in [3.8, 4) is 11.5 Å². The lowest BCUT2D eigenvalue weighted by molar-refractivity contribution is -0.119. The zero-order valence-electron chi connectivity index (χ0n) is 14.1. The predicted octanol–water partition coefficient (Wildman–Crippen LogP) is 1.60. The molecule has 0 saturated carbocycles. The maximum Gasteiger partial charge on any atom is 0.342 e. The first-order valence-electron chi connectivity index (χ1n) is 7.36. The Hall–Kier alpha value is -3.07. The van der Waals surface area contributed by atoms with Gasteiger partial charge in [0.2, 0.25) is 0 Å². The summed E-state index contributed by atoms with van der Waals surface area (Å²) in [5, 5.41) is 12.3. The highest BCUT2D eigenvalue weighted by Crippen LogP contribution is 2.29. The number of phenols is 1. The number of methoxy groups -OCH3 is 1. The number of para-hydroxylation sites is 2. The second kappa shape index (κ2) is 7.87. The van der Waals surface area contributed by atoms with E-state index in [0.29, 0.717) is 0 Å². The van der Waals surface area contributed by atoms with E-state index in [0.717, 1.165) is 6.26 Å². The summed E-state index contributed by atoms with van der Waals surface area (Å²) in [5.74, 6) is -1.96. The van der Waals surface area contributed by atoms with E-state index in [1.165, 1.54) is 43.5 Å². The first kappa shape index (κ1) is 19.3. The lowest BCUT2D eigenvalue weighted by Gasteiger charge is -2.11. The van der Waals surface area contributed by atoms with Crippen molar-refractivity contribution in [2.45, 2.75) is 4.90 Å². The first-order chi connectivity index (χ1) is 12.2. The minimum Gasteiger partial charge on any atom is -0.504 e. The van der Waals surface area contributed by atoms with Crippen LogP contribution in [0.15, 0.2) is 47.4 Å². The molecule has 0 aliphatic carbocycles. The highest BCUT2D eigenvalue weighted by atomic mass is 32.2. The largest absolute Gasteiger partial charge is 0.504 e. The van der Waals surface area contributed by atoms with Crippen molar-refractivity contribution in [2.24, 2.45) is 0 Å². The Morgan fingerprint density at radius 1 is 1.12 bits per heavy atom. The monoisotopic (exact) mass is 379 g/mol. The number of carbonyl (C=O) groups is 2. The van der Waals surface area contributed by atoms with Crippen LogP contribution in [0.2, 0.25) is 0 Å². The third-order valence-electron chi connectivity index (χ3n) is 3.33. The van der Waals surface area contributed by atoms with E-state index in [1.807, 2.05) is 0 Å². The Morgan fingerprint density at radius 3 is 2.46 bits per heavy atom. The summed E-state index contributed by atoms with van der Waals surface area (Å²) in [7, 11) is -2.21. The van der Waals surface area contributed by atoms with Gasteiger partial charge in [0, 0.05) is 6.26 Å². The Balaban J connectivity index is 2.05. The molecule has 2 aromatic carbocycles. The number of hydrogen-bond acceptors (Lipinski definition) is 7. The molecule has 0 aliphatic heterocycles. The molecule has 0 aromatic heterocycles. The number of ether oxygens (including phenoxy) is 2. The van der Waals surface area contributed by atoms with Crippen LogP contribution in [0.3, 0.4) is 0 Å². The van der Waals surface area contributed by atoms with Gasteiger partial charge in [0.25, 0.3) is 5.91 Å². The first-order valence-corrected chi connectivity index (χ1v) is 9.25. The zero-order valence-corrected chi connectivity index (χ0v) is 14.9. The third-order valence-corrected chi connectivity index (χ3v) is 4.49. The number of anilines is 1. The number of nitrogens with one attached hydrogen (secondary N) is 1. The number of rotatable bonds is 6. The van der Waals surface area contributed by atoms with Gasteiger partial charge in [-0.05, 0) is 24.3 Å². The Bertz CT molecular complexity index is 938. The average Bonchev–Trinajstić information content (AvgIpc) is 2.59. The second-order valence-corrected chi connectivity index (χ2v) is 7.23. The molecule has 0 unspecified atom stereocenters. The zero-order chi connectivity index (χ0) is 19.3. The number of benzene rings is 2. The van der Waals surface area contributed by atoms with Crippen LogP contribution in [0.4, 0.5) is 5.69 Å². The van der Waals surface area contributed by atoms with Gasteiger partial charge in [-0.25, -0.2) is 13.2 Å². The number of aromatic hydroxyl groups is 1. The van der Waals surface area contributed by atoms with E-state index in [4.69, 9.17) is 9.47 Å². The molecule has 0 bridgehead atoms. The highest BCUT2D eigenvalue weighted by Gasteiger charge is 2.19. The lowest BCUT2D eigenvalue weighted by Crippen LogP contribution is -2.22. The SMILES string of the molecule is COc1cccc(C(=O)OCC(=O)Nc2ccccc2S(C)(=O)=O)c1O. The fourth-order valence-electron chi connectivity index (χ4n) is 2.14. The van der Waals surface area contributed by atoms with Gasteiger partial charge in [0.05, 0.1) is 17.7 Å². The predicted molar refractivity (Wildman–Crippen MR) is 93.1 cm³/mol. The van der Waals surface area contributed by atoms with Gasteiger partial charge in [-0.1, -0.05) is 18.2 Å². The molecule has 2 aromatic rings. The summed E-state index contributed by atoms with van der Waals surface area (Å²) in [6, 6.07) is 10.1. The molecule has 2 rings (SSSR count). The van der Waals surface area contributed by atoms with Gasteiger partial charge in [0.15, 0.2) is 27.9 Å². The van der Waals surface area contributed by atoms with Crippen molar-refractivity contribution >= 4 is 27.4 Å². The molecule has 26 heavy (non-hydrogen) atoms. The summed E-state index contributed by atoms with van der Waals surface area (Å²) in [6.07, 6.45) is 1.02. The number of phenolic OH excluding ortho intramolecular Hbond substituents is 1. The quantitative estimate of drug-likeness (QED) is 0.732. The van der Waals surface area contributed by atoms with Crippen molar-refractivity contribution in [1.82, 2.24) is 0 Å². The maximum absolute atomic E-state index is 12.0. The number of sulfone groups is 1. The number of esters is 1. The molecule has 0 fully saturated rings. The molecule has 0 aliphatic rings. The van der Waals surface area contributed by atoms with Crippen LogP contribution in [0, 0.1) is 0 Å². The topological polar surface area (TPSA) is 119 Å². The van der Waals surface area contributed by atoms with Gasteiger partial charge in [-0.2, -0.15) is 0 Å². The van der Waals surface area contributed by atoms with E-state index in [-0.39, 0.29) is 21.9 Å². The lowest BCUT2D eigenvalue weighted by atomic mass is 10.2. The van der Waals surface area contributed by atoms with Gasteiger partial charge in [0.1, 0.15) is 5.56 Å². The molecule has 9 heteroatoms. The van der Waals surface area contributed by atoms with Crippen molar-refractivity contribution in [2.75, 3.05) is 25.3 Å². The fraction of sp³-hybridized carbons (Fsp3) is 0.176. The molecule has 2 N–H and O–H groups in total. The molecule has 8 nitrogen and oxygen atoms in total. The second-order valence-electron chi connectivity index (χ2n) is 5.25. The molecular weight excluding hydrogens is 362 g/mol. The van der Waals surface area contributed by atoms with Gasteiger partial charge >= 0.3 is 5.97 Å². The fourth-order valence-corrected chi connectivity index (χ4v) is 2.98. The smallest absolute Gasteiger partial charge is 0.342 e. The molecule has 138 valence electrons. The number of amides is 1. The Morgan fingerprint density at radius 2 is 1.81 bits per heavy atom. The van der Waals surface area contributed by atoms with Crippen LogP contribution < -0.4 is 10.1 Å². The minimum atomic E-state index is -3.54. The Labute approximate surface area is 150 Å². The van der Waals surface area contributed by atoms with Crippen LogP contribution in [0.5, 0.6) is 11.5 Å². The number of carbonyl (C=O) groups excluding carboxylic acids is 2.